The molecule has 0 heterocycles. The number of aryl methyl sites for hydroxylation is 2. The van der Waals surface area contributed by atoms with Gasteiger partial charge in [-0.2, -0.15) is 0 Å². The van der Waals surface area contributed by atoms with Gasteiger partial charge in [0.05, 0.1) is 0 Å². The topological polar surface area (TPSA) is 41.9 Å². The zero-order chi connectivity index (χ0) is 17.4. The van der Waals surface area contributed by atoms with Gasteiger partial charge in [-0.25, -0.2) is 0 Å². The fourth-order valence-electron chi connectivity index (χ4n) is 2.36. The van der Waals surface area contributed by atoms with Crippen LogP contribution in [0.5, 0.6) is 11.5 Å². The number of likely N-dealkylation sites (N-methyl/N-ethyl adjacent to an activating group) is 1. The van der Waals surface area contributed by atoms with Crippen LogP contribution in [0.2, 0.25) is 0 Å². The molecule has 0 saturated carbocycles. The average molecular weight is 329 g/mol. The van der Waals surface area contributed by atoms with E-state index in [0.717, 1.165) is 23.6 Å². The molecule has 0 radical (unpaired) electrons. The predicted molar refractivity (Wildman–Crippen MR) is 96.9 cm³/mol. The molecule has 2 aromatic carbocycles. The number of benzene rings is 2. The zero-order valence-electron chi connectivity index (χ0n) is 14.7. The summed E-state index contributed by atoms with van der Waals surface area (Å²) in [6.45, 7) is 6.21. The van der Waals surface area contributed by atoms with E-state index in [2.05, 4.69) is 6.92 Å². The van der Waals surface area contributed by atoms with Crippen molar-refractivity contribution >= 4 is 0 Å². The quantitative estimate of drug-likeness (QED) is 0.768. The van der Waals surface area contributed by atoms with E-state index in [-0.39, 0.29) is 6.61 Å². The maximum atomic E-state index is 10.1. The van der Waals surface area contributed by atoms with Crippen molar-refractivity contribution in [3.8, 4) is 11.5 Å². The van der Waals surface area contributed by atoms with Gasteiger partial charge >= 0.3 is 0 Å². The Kier molecular flexibility index (Phi) is 7.09. The molecule has 2 aromatic rings. The molecule has 2 rings (SSSR count). The molecule has 130 valence electrons. The standard InChI is InChI=1S/C20H27NO3/c1-16-8-10-19(11-9-16)23-13-12-21(3)14-18(22)15-24-20-7-5-4-6-17(20)2/h4-11,18,22H,12-15H2,1-3H3. The van der Waals surface area contributed by atoms with E-state index in [1.165, 1.54) is 5.56 Å². The first-order valence-corrected chi connectivity index (χ1v) is 8.29. The normalized spacial score (nSPS) is 12.2. The molecule has 0 aliphatic heterocycles. The van der Waals surface area contributed by atoms with Gasteiger partial charge in [-0.3, -0.25) is 0 Å². The summed E-state index contributed by atoms with van der Waals surface area (Å²) in [7, 11) is 1.97. The molecule has 0 amide bonds. The van der Waals surface area contributed by atoms with E-state index in [0.29, 0.717) is 13.2 Å². The van der Waals surface area contributed by atoms with Crippen LogP contribution in [0.25, 0.3) is 0 Å². The highest BCUT2D eigenvalue weighted by Gasteiger charge is 2.10. The molecule has 0 aliphatic carbocycles. The number of hydrogen-bond acceptors (Lipinski definition) is 4. The van der Waals surface area contributed by atoms with Gasteiger partial charge in [0.25, 0.3) is 0 Å². The summed E-state index contributed by atoms with van der Waals surface area (Å²) < 4.78 is 11.4. The molecule has 0 aromatic heterocycles. The molecule has 4 nitrogen and oxygen atoms in total. The minimum Gasteiger partial charge on any atom is -0.492 e. The first kappa shape index (κ1) is 18.3. The number of aliphatic hydroxyl groups excluding tert-OH is 1. The maximum absolute atomic E-state index is 10.1. The fourth-order valence-corrected chi connectivity index (χ4v) is 2.36. The van der Waals surface area contributed by atoms with Crippen molar-refractivity contribution in [1.29, 1.82) is 0 Å². The lowest BCUT2D eigenvalue weighted by Crippen LogP contribution is -2.35. The maximum Gasteiger partial charge on any atom is 0.122 e. The Morgan fingerprint density at radius 1 is 1.00 bits per heavy atom. The monoisotopic (exact) mass is 329 g/mol. The summed E-state index contributed by atoms with van der Waals surface area (Å²) in [5.74, 6) is 1.69. The summed E-state index contributed by atoms with van der Waals surface area (Å²) >= 11 is 0. The lowest BCUT2D eigenvalue weighted by molar-refractivity contribution is 0.0720. The first-order chi connectivity index (χ1) is 11.5. The zero-order valence-corrected chi connectivity index (χ0v) is 14.7. The largest absolute Gasteiger partial charge is 0.492 e. The Bertz CT molecular complexity index is 613. The SMILES string of the molecule is Cc1ccc(OCCN(C)CC(O)COc2ccccc2C)cc1. The van der Waals surface area contributed by atoms with Crippen LogP contribution < -0.4 is 9.47 Å². The van der Waals surface area contributed by atoms with Crippen molar-refractivity contribution in [1.82, 2.24) is 4.90 Å². The van der Waals surface area contributed by atoms with E-state index in [1.807, 2.05) is 67.4 Å². The van der Waals surface area contributed by atoms with Crippen molar-refractivity contribution in [2.75, 3.05) is 33.4 Å². The van der Waals surface area contributed by atoms with Crippen molar-refractivity contribution in [2.24, 2.45) is 0 Å². The van der Waals surface area contributed by atoms with Gasteiger partial charge in [0.15, 0.2) is 0 Å². The second kappa shape index (κ2) is 9.30. The third kappa shape index (κ3) is 6.22. The van der Waals surface area contributed by atoms with Crippen LogP contribution in [-0.4, -0.2) is 49.5 Å². The first-order valence-electron chi connectivity index (χ1n) is 8.29. The molecule has 0 fully saturated rings. The van der Waals surface area contributed by atoms with Crippen LogP contribution in [0.4, 0.5) is 0 Å². The highest BCUT2D eigenvalue weighted by molar-refractivity contribution is 5.31. The molecule has 1 unspecified atom stereocenters. The van der Waals surface area contributed by atoms with Gasteiger partial charge in [-0.05, 0) is 44.7 Å². The molecule has 0 saturated heterocycles. The summed E-state index contributed by atoms with van der Waals surface area (Å²) in [6, 6.07) is 15.8. The van der Waals surface area contributed by atoms with Crippen LogP contribution in [0, 0.1) is 13.8 Å². The number of rotatable bonds is 9. The molecular weight excluding hydrogens is 302 g/mol. The van der Waals surface area contributed by atoms with Crippen molar-refractivity contribution < 1.29 is 14.6 Å². The molecule has 4 heteroatoms. The third-order valence-corrected chi connectivity index (χ3v) is 3.81. The Morgan fingerprint density at radius 3 is 2.42 bits per heavy atom. The Hall–Kier alpha value is -2.04. The van der Waals surface area contributed by atoms with Gasteiger partial charge in [0.2, 0.25) is 0 Å². The summed E-state index contributed by atoms with van der Waals surface area (Å²) in [6.07, 6.45) is -0.533. The molecular formula is C20H27NO3. The van der Waals surface area contributed by atoms with E-state index >= 15 is 0 Å². The molecule has 0 bridgehead atoms. The van der Waals surface area contributed by atoms with Crippen LogP contribution >= 0.6 is 0 Å². The molecule has 24 heavy (non-hydrogen) atoms. The van der Waals surface area contributed by atoms with Crippen LogP contribution in [0.3, 0.4) is 0 Å². The molecule has 0 spiro atoms. The Morgan fingerprint density at radius 2 is 1.71 bits per heavy atom. The van der Waals surface area contributed by atoms with E-state index < -0.39 is 6.10 Å². The summed E-state index contributed by atoms with van der Waals surface area (Å²) in [5.41, 5.74) is 2.29. The number of hydrogen-bond donors (Lipinski definition) is 1. The molecule has 1 N–H and O–H groups in total. The van der Waals surface area contributed by atoms with Gasteiger partial charge in [-0.15, -0.1) is 0 Å². The minimum atomic E-state index is -0.533. The lowest BCUT2D eigenvalue weighted by Gasteiger charge is -2.21. The van der Waals surface area contributed by atoms with Crippen LogP contribution in [-0.2, 0) is 0 Å². The highest BCUT2D eigenvalue weighted by atomic mass is 16.5. The second-order valence-electron chi connectivity index (χ2n) is 6.15. The Labute approximate surface area is 144 Å². The van der Waals surface area contributed by atoms with Crippen molar-refractivity contribution in [3.63, 3.8) is 0 Å². The van der Waals surface area contributed by atoms with Crippen LogP contribution in [0.1, 0.15) is 11.1 Å². The smallest absolute Gasteiger partial charge is 0.122 e. The van der Waals surface area contributed by atoms with Gasteiger partial charge in [0, 0.05) is 13.1 Å². The van der Waals surface area contributed by atoms with Crippen molar-refractivity contribution in [2.45, 2.75) is 20.0 Å². The van der Waals surface area contributed by atoms with E-state index in [4.69, 9.17) is 9.47 Å². The number of nitrogens with zero attached hydrogens (tertiary/aromatic N) is 1. The molecule has 0 aliphatic rings. The minimum absolute atomic E-state index is 0.286. The number of ether oxygens (including phenoxy) is 2. The van der Waals surface area contributed by atoms with Gasteiger partial charge in [-0.1, -0.05) is 35.9 Å². The predicted octanol–water partition coefficient (Wildman–Crippen LogP) is 3.05. The highest BCUT2D eigenvalue weighted by Crippen LogP contribution is 2.16. The van der Waals surface area contributed by atoms with Gasteiger partial charge in [0.1, 0.15) is 30.8 Å². The summed E-state index contributed by atoms with van der Waals surface area (Å²) in [4.78, 5) is 2.04. The number of aliphatic hydroxyl groups is 1. The number of para-hydroxylation sites is 1. The Balaban J connectivity index is 1.65. The second-order valence-corrected chi connectivity index (χ2v) is 6.15. The van der Waals surface area contributed by atoms with Gasteiger partial charge < -0.3 is 19.5 Å². The fraction of sp³-hybridized carbons (Fsp3) is 0.400. The summed E-state index contributed by atoms with van der Waals surface area (Å²) in [5, 5.41) is 10.1. The van der Waals surface area contributed by atoms with E-state index in [1.54, 1.807) is 0 Å². The lowest BCUT2D eigenvalue weighted by atomic mass is 10.2. The van der Waals surface area contributed by atoms with E-state index in [9.17, 15) is 5.11 Å². The average Bonchev–Trinajstić information content (AvgIpc) is 2.56. The molecule has 1 atom stereocenters. The van der Waals surface area contributed by atoms with Crippen molar-refractivity contribution in [3.05, 3.63) is 59.7 Å². The third-order valence-electron chi connectivity index (χ3n) is 3.81. The van der Waals surface area contributed by atoms with Crippen LogP contribution in [0.15, 0.2) is 48.5 Å².